The summed E-state index contributed by atoms with van der Waals surface area (Å²) >= 11 is 0. The van der Waals surface area contributed by atoms with Gasteiger partial charge in [0, 0.05) is 12.6 Å². The van der Waals surface area contributed by atoms with Gasteiger partial charge in [-0.15, -0.1) is 0 Å². The Morgan fingerprint density at radius 1 is 1.44 bits per heavy atom. The third-order valence-corrected chi connectivity index (χ3v) is 3.20. The average molecular weight is 251 g/mol. The number of hydrogen-bond donors (Lipinski definition) is 2. The largest absolute Gasteiger partial charge is 0.491 e. The summed E-state index contributed by atoms with van der Waals surface area (Å²) in [7, 11) is 0. The van der Waals surface area contributed by atoms with E-state index in [-0.39, 0.29) is 12.6 Å². The molecule has 4 heteroatoms. The molecule has 1 aromatic carbocycles. The maximum Gasteiger partial charge on any atom is 0.119 e. The van der Waals surface area contributed by atoms with Crippen molar-refractivity contribution in [3.63, 3.8) is 0 Å². The van der Waals surface area contributed by atoms with Gasteiger partial charge in [-0.1, -0.05) is 6.07 Å². The Kier molecular flexibility index (Phi) is 4.58. The molecule has 0 saturated heterocycles. The highest BCUT2D eigenvalue weighted by Gasteiger charge is 2.19. The van der Waals surface area contributed by atoms with Crippen LogP contribution >= 0.6 is 0 Å². The average Bonchev–Trinajstić information content (AvgIpc) is 2.75. The minimum atomic E-state index is -0.583. The number of aliphatic hydroxyl groups excluding tert-OH is 1. The van der Waals surface area contributed by atoms with E-state index in [1.807, 2.05) is 25.1 Å². The maximum absolute atomic E-state index is 9.61. The highest BCUT2D eigenvalue weighted by atomic mass is 16.5. The van der Waals surface area contributed by atoms with Crippen LogP contribution in [0, 0.1) is 0 Å². The Labute approximate surface area is 108 Å². The molecular weight excluding hydrogens is 230 g/mol. The van der Waals surface area contributed by atoms with Gasteiger partial charge < -0.3 is 20.3 Å². The Balaban J connectivity index is 1.87. The van der Waals surface area contributed by atoms with Crippen LogP contribution in [0.25, 0.3) is 0 Å². The van der Waals surface area contributed by atoms with Gasteiger partial charge in [-0.05, 0) is 43.0 Å². The standard InChI is InChI=1S/C14H21NO3/c1-2-17-8-11(16)9-18-12-4-5-13-10(7-12)3-6-14(13)15/h4-5,7,11,14,16H,2-3,6,8-9,15H2,1H3. The first-order chi connectivity index (χ1) is 8.70. The van der Waals surface area contributed by atoms with Crippen LogP contribution in [-0.4, -0.2) is 31.0 Å². The molecule has 1 aromatic rings. The van der Waals surface area contributed by atoms with Crippen LogP contribution in [0.5, 0.6) is 5.75 Å². The minimum Gasteiger partial charge on any atom is -0.491 e. The van der Waals surface area contributed by atoms with Gasteiger partial charge in [0.2, 0.25) is 0 Å². The molecule has 0 fully saturated rings. The van der Waals surface area contributed by atoms with Gasteiger partial charge in [0.1, 0.15) is 18.5 Å². The van der Waals surface area contributed by atoms with Crippen LogP contribution in [0.3, 0.4) is 0 Å². The van der Waals surface area contributed by atoms with Crippen molar-refractivity contribution in [3.8, 4) is 5.75 Å². The Morgan fingerprint density at radius 2 is 2.28 bits per heavy atom. The fraction of sp³-hybridized carbons (Fsp3) is 0.571. The molecule has 0 aliphatic heterocycles. The van der Waals surface area contributed by atoms with Crippen molar-refractivity contribution >= 4 is 0 Å². The highest BCUT2D eigenvalue weighted by molar-refractivity contribution is 5.40. The molecule has 0 saturated carbocycles. The van der Waals surface area contributed by atoms with Crippen molar-refractivity contribution < 1.29 is 14.6 Å². The molecule has 0 bridgehead atoms. The monoisotopic (exact) mass is 251 g/mol. The van der Waals surface area contributed by atoms with Crippen molar-refractivity contribution in [1.82, 2.24) is 0 Å². The Morgan fingerprint density at radius 3 is 3.06 bits per heavy atom. The summed E-state index contributed by atoms with van der Waals surface area (Å²) in [5.41, 5.74) is 8.46. The topological polar surface area (TPSA) is 64.7 Å². The zero-order valence-corrected chi connectivity index (χ0v) is 10.8. The lowest BCUT2D eigenvalue weighted by molar-refractivity contribution is 0.0164. The van der Waals surface area contributed by atoms with Crippen LogP contribution in [-0.2, 0) is 11.2 Å². The van der Waals surface area contributed by atoms with E-state index in [1.165, 1.54) is 11.1 Å². The first kappa shape index (κ1) is 13.3. The van der Waals surface area contributed by atoms with Gasteiger partial charge in [-0.3, -0.25) is 0 Å². The Hall–Kier alpha value is -1.10. The van der Waals surface area contributed by atoms with E-state index in [9.17, 15) is 5.11 Å². The van der Waals surface area contributed by atoms with Gasteiger partial charge in [0.05, 0.1) is 6.61 Å². The summed E-state index contributed by atoms with van der Waals surface area (Å²) in [4.78, 5) is 0. The summed E-state index contributed by atoms with van der Waals surface area (Å²) < 4.78 is 10.7. The number of hydrogen-bond acceptors (Lipinski definition) is 4. The number of aryl methyl sites for hydroxylation is 1. The molecule has 1 aliphatic rings. The van der Waals surface area contributed by atoms with Gasteiger partial charge in [-0.25, -0.2) is 0 Å². The number of aliphatic hydroxyl groups is 1. The van der Waals surface area contributed by atoms with Gasteiger partial charge >= 0.3 is 0 Å². The molecule has 100 valence electrons. The fourth-order valence-electron chi connectivity index (χ4n) is 2.21. The van der Waals surface area contributed by atoms with Crippen LogP contribution in [0.1, 0.15) is 30.5 Å². The lowest BCUT2D eigenvalue weighted by Crippen LogP contribution is -2.23. The Bertz CT molecular complexity index is 395. The zero-order valence-electron chi connectivity index (χ0n) is 10.8. The molecule has 0 amide bonds. The molecule has 3 N–H and O–H groups in total. The third kappa shape index (κ3) is 3.22. The van der Waals surface area contributed by atoms with Crippen LogP contribution in [0.4, 0.5) is 0 Å². The second-order valence-electron chi connectivity index (χ2n) is 4.63. The van der Waals surface area contributed by atoms with Crippen LogP contribution < -0.4 is 10.5 Å². The van der Waals surface area contributed by atoms with E-state index in [2.05, 4.69) is 0 Å². The highest BCUT2D eigenvalue weighted by Crippen LogP contribution is 2.31. The lowest BCUT2D eigenvalue weighted by Gasteiger charge is -2.13. The van der Waals surface area contributed by atoms with E-state index in [1.54, 1.807) is 0 Å². The molecule has 0 heterocycles. The zero-order chi connectivity index (χ0) is 13.0. The summed E-state index contributed by atoms with van der Waals surface area (Å²) in [6, 6.07) is 6.13. The van der Waals surface area contributed by atoms with Crippen molar-refractivity contribution in [2.75, 3.05) is 19.8 Å². The molecule has 18 heavy (non-hydrogen) atoms. The fourth-order valence-corrected chi connectivity index (χ4v) is 2.21. The molecule has 1 aliphatic carbocycles. The summed E-state index contributed by atoms with van der Waals surface area (Å²) in [6.45, 7) is 3.07. The van der Waals surface area contributed by atoms with Gasteiger partial charge in [0.25, 0.3) is 0 Å². The summed E-state index contributed by atoms with van der Waals surface area (Å²) in [5.74, 6) is 0.790. The van der Waals surface area contributed by atoms with Gasteiger partial charge in [-0.2, -0.15) is 0 Å². The van der Waals surface area contributed by atoms with E-state index in [0.29, 0.717) is 13.2 Å². The molecule has 0 aromatic heterocycles. The molecule has 0 radical (unpaired) electrons. The molecule has 2 rings (SSSR count). The van der Waals surface area contributed by atoms with Crippen molar-refractivity contribution in [2.45, 2.75) is 31.9 Å². The predicted molar refractivity (Wildman–Crippen MR) is 69.7 cm³/mol. The first-order valence-electron chi connectivity index (χ1n) is 6.47. The smallest absolute Gasteiger partial charge is 0.119 e. The molecule has 2 unspecified atom stereocenters. The SMILES string of the molecule is CCOCC(O)COc1ccc2c(c1)CCC2N. The lowest BCUT2D eigenvalue weighted by atomic mass is 10.1. The third-order valence-electron chi connectivity index (χ3n) is 3.20. The number of rotatable bonds is 6. The molecular formula is C14H21NO3. The van der Waals surface area contributed by atoms with Crippen molar-refractivity contribution in [3.05, 3.63) is 29.3 Å². The molecule has 2 atom stereocenters. The molecule has 0 spiro atoms. The van der Waals surface area contributed by atoms with Crippen LogP contribution in [0.15, 0.2) is 18.2 Å². The van der Waals surface area contributed by atoms with Gasteiger partial charge in [0.15, 0.2) is 0 Å². The van der Waals surface area contributed by atoms with E-state index < -0.39 is 6.10 Å². The van der Waals surface area contributed by atoms with Crippen molar-refractivity contribution in [1.29, 1.82) is 0 Å². The van der Waals surface area contributed by atoms with Crippen molar-refractivity contribution in [2.24, 2.45) is 5.73 Å². The molecule has 4 nitrogen and oxygen atoms in total. The number of benzene rings is 1. The summed E-state index contributed by atoms with van der Waals surface area (Å²) in [5, 5.41) is 9.61. The number of nitrogens with two attached hydrogens (primary N) is 1. The summed E-state index contributed by atoms with van der Waals surface area (Å²) in [6.07, 6.45) is 1.43. The number of fused-ring (bicyclic) bond motifs is 1. The first-order valence-corrected chi connectivity index (χ1v) is 6.47. The normalized spacial score (nSPS) is 19.6. The predicted octanol–water partition coefficient (Wildman–Crippen LogP) is 1.41. The number of ether oxygens (including phenoxy) is 2. The second-order valence-corrected chi connectivity index (χ2v) is 4.63. The quantitative estimate of drug-likeness (QED) is 0.802. The maximum atomic E-state index is 9.61. The minimum absolute atomic E-state index is 0.164. The second kappa shape index (κ2) is 6.18. The van der Waals surface area contributed by atoms with E-state index in [4.69, 9.17) is 15.2 Å². The van der Waals surface area contributed by atoms with E-state index >= 15 is 0 Å². The van der Waals surface area contributed by atoms with E-state index in [0.717, 1.165) is 18.6 Å². The van der Waals surface area contributed by atoms with Crippen LogP contribution in [0.2, 0.25) is 0 Å².